The highest BCUT2D eigenvalue weighted by atomic mass is 79.9. The number of rotatable bonds is 8. The molecule has 0 N–H and O–H groups in total. The van der Waals surface area contributed by atoms with Crippen molar-refractivity contribution in [3.63, 3.8) is 0 Å². The Bertz CT molecular complexity index is 561. The van der Waals surface area contributed by atoms with Crippen LogP contribution in [0.25, 0.3) is 0 Å². The molecule has 0 aromatic heterocycles. The molecule has 0 radical (unpaired) electrons. The summed E-state index contributed by atoms with van der Waals surface area (Å²) in [5, 5.41) is 0. The predicted octanol–water partition coefficient (Wildman–Crippen LogP) is 2.73. The Labute approximate surface area is 136 Å². The van der Waals surface area contributed by atoms with Gasteiger partial charge >= 0.3 is 6.18 Å². The molecule has 0 aliphatic carbocycles. The van der Waals surface area contributed by atoms with Crippen LogP contribution in [0.5, 0.6) is 0 Å². The number of halogens is 4. The quantitative estimate of drug-likeness (QED) is 0.669. The largest absolute Gasteiger partial charge is 0.401 e. The molecule has 0 heterocycles. The molecule has 0 atom stereocenters. The zero-order chi connectivity index (χ0) is 16.8. The number of benzene rings is 1. The summed E-state index contributed by atoms with van der Waals surface area (Å²) < 4.78 is 67.2. The third kappa shape index (κ3) is 7.08. The fourth-order valence-electron chi connectivity index (χ4n) is 1.75. The molecule has 22 heavy (non-hydrogen) atoms. The minimum absolute atomic E-state index is 0.0197. The first kappa shape index (κ1) is 19.4. The number of ether oxygens (including phenoxy) is 1. The van der Waals surface area contributed by atoms with Gasteiger partial charge in [-0.3, -0.25) is 4.90 Å². The molecule has 1 rings (SSSR count). The number of hydrogen-bond acceptors (Lipinski definition) is 4. The van der Waals surface area contributed by atoms with E-state index >= 15 is 0 Å². The maximum Gasteiger partial charge on any atom is 0.401 e. The summed E-state index contributed by atoms with van der Waals surface area (Å²) in [4.78, 5) is 1.12. The molecule has 1 aromatic rings. The van der Waals surface area contributed by atoms with E-state index in [1.54, 1.807) is 12.1 Å². The third-order valence-electron chi connectivity index (χ3n) is 2.86. The van der Waals surface area contributed by atoms with Crippen LogP contribution < -0.4 is 0 Å². The average Bonchev–Trinajstić information content (AvgIpc) is 2.41. The molecule has 0 amide bonds. The van der Waals surface area contributed by atoms with Crippen molar-refractivity contribution in [2.75, 3.05) is 39.1 Å². The van der Waals surface area contributed by atoms with Crippen LogP contribution in [-0.2, 0) is 14.6 Å². The van der Waals surface area contributed by atoms with Gasteiger partial charge in [0.1, 0.15) is 0 Å². The van der Waals surface area contributed by atoms with Crippen LogP contribution in [0.2, 0.25) is 0 Å². The van der Waals surface area contributed by atoms with E-state index in [9.17, 15) is 21.6 Å². The highest BCUT2D eigenvalue weighted by Crippen LogP contribution is 2.18. The standard InChI is InChI=1S/C13H17BrF3NO3S/c1-21-8-6-18(10-13(15,16)17)7-9-22(19,20)12-4-2-11(14)3-5-12/h2-5H,6-10H2,1H3. The Balaban J connectivity index is 2.71. The predicted molar refractivity (Wildman–Crippen MR) is 80.6 cm³/mol. The molecule has 1 aromatic carbocycles. The van der Waals surface area contributed by atoms with Crippen LogP contribution in [0.15, 0.2) is 33.6 Å². The summed E-state index contributed by atoms with van der Waals surface area (Å²) in [6.07, 6.45) is -4.38. The van der Waals surface area contributed by atoms with Crippen LogP contribution in [0.4, 0.5) is 13.2 Å². The van der Waals surface area contributed by atoms with Gasteiger partial charge in [0.25, 0.3) is 0 Å². The first-order valence-electron chi connectivity index (χ1n) is 6.40. The van der Waals surface area contributed by atoms with Gasteiger partial charge in [0.2, 0.25) is 0 Å². The number of hydrogen-bond donors (Lipinski definition) is 0. The van der Waals surface area contributed by atoms with Crippen LogP contribution in [0, 0.1) is 0 Å². The van der Waals surface area contributed by atoms with Crippen molar-refractivity contribution in [3.8, 4) is 0 Å². The van der Waals surface area contributed by atoms with Gasteiger partial charge in [0, 0.05) is 24.7 Å². The molecule has 9 heteroatoms. The monoisotopic (exact) mass is 403 g/mol. The van der Waals surface area contributed by atoms with E-state index in [-0.39, 0.29) is 30.3 Å². The van der Waals surface area contributed by atoms with E-state index in [0.717, 1.165) is 9.37 Å². The lowest BCUT2D eigenvalue weighted by Crippen LogP contribution is -2.39. The van der Waals surface area contributed by atoms with E-state index in [0.29, 0.717) is 0 Å². The maximum atomic E-state index is 12.5. The van der Waals surface area contributed by atoms with Crippen molar-refractivity contribution in [2.45, 2.75) is 11.1 Å². The normalized spacial score (nSPS) is 12.8. The fraction of sp³-hybridized carbons (Fsp3) is 0.538. The van der Waals surface area contributed by atoms with Gasteiger partial charge in [0.15, 0.2) is 9.84 Å². The number of methoxy groups -OCH3 is 1. The lowest BCUT2D eigenvalue weighted by Gasteiger charge is -2.23. The van der Waals surface area contributed by atoms with Gasteiger partial charge in [-0.1, -0.05) is 15.9 Å². The molecule has 4 nitrogen and oxygen atoms in total. The molecule has 0 bridgehead atoms. The summed E-state index contributed by atoms with van der Waals surface area (Å²) in [5.41, 5.74) is 0. The Morgan fingerprint density at radius 2 is 1.77 bits per heavy atom. The van der Waals surface area contributed by atoms with Crippen molar-refractivity contribution in [3.05, 3.63) is 28.7 Å². The fourth-order valence-corrected chi connectivity index (χ4v) is 3.30. The van der Waals surface area contributed by atoms with Gasteiger partial charge in [-0.15, -0.1) is 0 Å². The summed E-state index contributed by atoms with van der Waals surface area (Å²) in [6, 6.07) is 5.99. The molecule has 0 aliphatic heterocycles. The Hall–Kier alpha value is -0.640. The Morgan fingerprint density at radius 1 is 1.18 bits per heavy atom. The third-order valence-corrected chi connectivity index (χ3v) is 5.10. The highest BCUT2D eigenvalue weighted by molar-refractivity contribution is 9.10. The van der Waals surface area contributed by atoms with Gasteiger partial charge in [-0.05, 0) is 24.3 Å². The van der Waals surface area contributed by atoms with Crippen molar-refractivity contribution >= 4 is 25.8 Å². The lowest BCUT2D eigenvalue weighted by atomic mass is 10.4. The average molecular weight is 404 g/mol. The van der Waals surface area contributed by atoms with E-state index < -0.39 is 22.6 Å². The number of sulfone groups is 1. The molecular weight excluding hydrogens is 387 g/mol. The van der Waals surface area contributed by atoms with Crippen molar-refractivity contribution in [1.82, 2.24) is 4.90 Å². The molecule has 0 spiro atoms. The minimum Gasteiger partial charge on any atom is -0.383 e. The zero-order valence-corrected chi connectivity index (χ0v) is 14.3. The summed E-state index contributed by atoms with van der Waals surface area (Å²) >= 11 is 3.19. The lowest BCUT2D eigenvalue weighted by molar-refractivity contribution is -0.146. The second-order valence-electron chi connectivity index (χ2n) is 4.66. The van der Waals surface area contributed by atoms with E-state index in [1.165, 1.54) is 19.2 Å². The molecule has 0 saturated heterocycles. The Kier molecular flexibility index (Phi) is 7.30. The van der Waals surface area contributed by atoms with Crippen molar-refractivity contribution in [1.29, 1.82) is 0 Å². The van der Waals surface area contributed by atoms with Crippen LogP contribution in [-0.4, -0.2) is 58.6 Å². The van der Waals surface area contributed by atoms with Crippen LogP contribution in [0.3, 0.4) is 0 Å². The second kappa shape index (κ2) is 8.28. The van der Waals surface area contributed by atoms with Crippen LogP contribution in [0.1, 0.15) is 0 Å². The van der Waals surface area contributed by atoms with E-state index in [2.05, 4.69) is 15.9 Å². The van der Waals surface area contributed by atoms with Crippen molar-refractivity contribution in [2.24, 2.45) is 0 Å². The SMILES string of the molecule is COCCN(CCS(=O)(=O)c1ccc(Br)cc1)CC(F)(F)F. The van der Waals surface area contributed by atoms with Gasteiger partial charge < -0.3 is 4.74 Å². The topological polar surface area (TPSA) is 46.6 Å². The van der Waals surface area contributed by atoms with Gasteiger partial charge in [-0.2, -0.15) is 13.2 Å². The van der Waals surface area contributed by atoms with Gasteiger partial charge in [0.05, 0.1) is 23.8 Å². The molecule has 126 valence electrons. The Morgan fingerprint density at radius 3 is 2.27 bits per heavy atom. The molecule has 0 saturated carbocycles. The summed E-state index contributed by atoms with van der Waals surface area (Å²) in [6.45, 7) is -1.24. The van der Waals surface area contributed by atoms with E-state index in [4.69, 9.17) is 4.74 Å². The van der Waals surface area contributed by atoms with Crippen molar-refractivity contribution < 1.29 is 26.3 Å². The molecule has 0 aliphatic rings. The summed E-state index contributed by atoms with van der Waals surface area (Å²) in [5.74, 6) is -0.381. The highest BCUT2D eigenvalue weighted by Gasteiger charge is 2.31. The number of nitrogens with zero attached hydrogens (tertiary/aromatic N) is 1. The molecular formula is C13H17BrF3NO3S. The van der Waals surface area contributed by atoms with Gasteiger partial charge in [-0.25, -0.2) is 8.42 Å². The maximum absolute atomic E-state index is 12.5. The summed E-state index contributed by atoms with van der Waals surface area (Å²) in [7, 11) is -2.24. The minimum atomic E-state index is -4.38. The smallest absolute Gasteiger partial charge is 0.383 e. The van der Waals surface area contributed by atoms with Crippen LogP contribution >= 0.6 is 15.9 Å². The second-order valence-corrected chi connectivity index (χ2v) is 7.68. The zero-order valence-electron chi connectivity index (χ0n) is 11.9. The molecule has 0 unspecified atom stereocenters. The first-order chi connectivity index (χ1) is 10.1. The van der Waals surface area contributed by atoms with E-state index in [1.807, 2.05) is 0 Å². The first-order valence-corrected chi connectivity index (χ1v) is 8.85. The number of alkyl halides is 3. The molecule has 0 fully saturated rings.